The second-order valence-corrected chi connectivity index (χ2v) is 6.14. The van der Waals surface area contributed by atoms with Gasteiger partial charge in [-0.2, -0.15) is 0 Å². The van der Waals surface area contributed by atoms with Gasteiger partial charge in [0.1, 0.15) is 0 Å². The average Bonchev–Trinajstić information content (AvgIpc) is 2.15. The maximum atomic E-state index is 11.5. The summed E-state index contributed by atoms with van der Waals surface area (Å²) in [7, 11) is -3.33. The molecule has 1 atom stereocenters. The lowest BCUT2D eigenvalue weighted by molar-refractivity contribution is 0.266. The van der Waals surface area contributed by atoms with Crippen LogP contribution in [0.15, 0.2) is 27.6 Å². The third kappa shape index (κ3) is 3.01. The summed E-state index contributed by atoms with van der Waals surface area (Å²) in [6.45, 7) is -0.288. The van der Waals surface area contributed by atoms with Gasteiger partial charge >= 0.3 is 0 Å². The van der Waals surface area contributed by atoms with Crippen molar-refractivity contribution in [3.8, 4) is 0 Å². The van der Waals surface area contributed by atoms with Crippen molar-refractivity contribution in [1.82, 2.24) is 0 Å². The van der Waals surface area contributed by atoms with E-state index in [1.807, 2.05) is 0 Å². The number of aliphatic hydroxyl groups excluding tert-OH is 1. The Hall–Kier alpha value is -0.430. The second kappa shape index (κ2) is 4.61. The summed E-state index contributed by atoms with van der Waals surface area (Å²) >= 11 is 3.19. The zero-order valence-electron chi connectivity index (χ0n) is 8.14. The van der Waals surface area contributed by atoms with Crippen molar-refractivity contribution in [3.05, 3.63) is 28.2 Å². The van der Waals surface area contributed by atoms with E-state index in [9.17, 15) is 8.42 Å². The Bertz CT molecular complexity index is 458. The highest BCUT2D eigenvalue weighted by Crippen LogP contribution is 2.24. The van der Waals surface area contributed by atoms with E-state index in [2.05, 4.69) is 15.9 Å². The second-order valence-electron chi connectivity index (χ2n) is 3.24. The van der Waals surface area contributed by atoms with Crippen LogP contribution in [0.2, 0.25) is 0 Å². The molecule has 84 valence electrons. The highest BCUT2D eigenvalue weighted by Gasteiger charge is 2.17. The molecule has 0 fully saturated rings. The summed E-state index contributed by atoms with van der Waals surface area (Å²) in [6, 6.07) is 4.10. The molecular weight excluding hydrogens is 282 g/mol. The van der Waals surface area contributed by atoms with Crippen LogP contribution in [0.1, 0.15) is 11.6 Å². The van der Waals surface area contributed by atoms with Crippen molar-refractivity contribution in [1.29, 1.82) is 0 Å². The number of rotatable bonds is 3. The molecule has 6 heteroatoms. The Morgan fingerprint density at radius 2 is 2.13 bits per heavy atom. The van der Waals surface area contributed by atoms with Gasteiger partial charge in [-0.15, -0.1) is 0 Å². The normalized spacial score (nSPS) is 13.9. The molecular formula is C9H12BrNO3S. The van der Waals surface area contributed by atoms with Crippen molar-refractivity contribution in [2.24, 2.45) is 5.73 Å². The van der Waals surface area contributed by atoms with E-state index in [1.165, 1.54) is 6.07 Å². The number of benzene rings is 1. The molecule has 3 N–H and O–H groups in total. The summed E-state index contributed by atoms with van der Waals surface area (Å²) < 4.78 is 23.6. The average molecular weight is 294 g/mol. The van der Waals surface area contributed by atoms with E-state index < -0.39 is 15.9 Å². The molecule has 1 aromatic rings. The molecule has 4 nitrogen and oxygen atoms in total. The molecule has 0 aromatic heterocycles. The van der Waals surface area contributed by atoms with Crippen LogP contribution in [0.5, 0.6) is 0 Å². The Morgan fingerprint density at radius 3 is 2.60 bits per heavy atom. The summed E-state index contributed by atoms with van der Waals surface area (Å²) in [5.74, 6) is 0. The number of nitrogens with two attached hydrogens (primary N) is 1. The van der Waals surface area contributed by atoms with E-state index in [-0.39, 0.29) is 11.5 Å². The molecule has 0 unspecified atom stereocenters. The topological polar surface area (TPSA) is 80.4 Å². The third-order valence-electron chi connectivity index (χ3n) is 1.97. The van der Waals surface area contributed by atoms with Crippen LogP contribution in [-0.2, 0) is 9.84 Å². The number of hydrogen-bond acceptors (Lipinski definition) is 4. The molecule has 0 saturated carbocycles. The first-order chi connectivity index (χ1) is 6.86. The molecule has 0 aliphatic heterocycles. The minimum atomic E-state index is -3.33. The number of hydrogen-bond donors (Lipinski definition) is 2. The van der Waals surface area contributed by atoms with Crippen LogP contribution in [-0.4, -0.2) is 26.4 Å². The summed E-state index contributed by atoms with van der Waals surface area (Å²) in [5, 5.41) is 8.92. The van der Waals surface area contributed by atoms with Crippen molar-refractivity contribution >= 4 is 25.8 Å². The van der Waals surface area contributed by atoms with Gasteiger partial charge in [0, 0.05) is 10.7 Å². The molecule has 0 saturated heterocycles. The van der Waals surface area contributed by atoms with E-state index in [0.29, 0.717) is 10.0 Å². The lowest BCUT2D eigenvalue weighted by Gasteiger charge is -2.13. The number of aliphatic hydroxyl groups is 1. The van der Waals surface area contributed by atoms with Crippen LogP contribution in [0.25, 0.3) is 0 Å². The van der Waals surface area contributed by atoms with Gasteiger partial charge in [0.2, 0.25) is 0 Å². The molecule has 0 heterocycles. The first kappa shape index (κ1) is 12.6. The van der Waals surface area contributed by atoms with Gasteiger partial charge in [-0.1, -0.05) is 22.0 Å². The predicted octanol–water partition coefficient (Wildman–Crippen LogP) is 0.845. The van der Waals surface area contributed by atoms with E-state index >= 15 is 0 Å². The Kier molecular flexibility index (Phi) is 3.88. The van der Waals surface area contributed by atoms with Crippen molar-refractivity contribution in [3.63, 3.8) is 0 Å². The smallest absolute Gasteiger partial charge is 0.175 e. The molecule has 1 aromatic carbocycles. The highest BCUT2D eigenvalue weighted by molar-refractivity contribution is 9.10. The van der Waals surface area contributed by atoms with Crippen LogP contribution in [0.3, 0.4) is 0 Å². The van der Waals surface area contributed by atoms with Crippen molar-refractivity contribution < 1.29 is 13.5 Å². The minimum Gasteiger partial charge on any atom is -0.394 e. The zero-order valence-corrected chi connectivity index (χ0v) is 10.5. The number of halogens is 1. The molecule has 0 spiro atoms. The lowest BCUT2D eigenvalue weighted by atomic mass is 10.1. The van der Waals surface area contributed by atoms with Crippen LogP contribution < -0.4 is 5.73 Å². The van der Waals surface area contributed by atoms with Gasteiger partial charge in [-0.25, -0.2) is 8.42 Å². The van der Waals surface area contributed by atoms with Crippen LogP contribution in [0.4, 0.5) is 0 Å². The third-order valence-corrected chi connectivity index (χ3v) is 3.62. The minimum absolute atomic E-state index is 0.151. The van der Waals surface area contributed by atoms with Gasteiger partial charge < -0.3 is 10.8 Å². The molecule has 0 radical (unpaired) electrons. The van der Waals surface area contributed by atoms with Gasteiger partial charge in [0.15, 0.2) is 9.84 Å². The Labute approximate surface area is 97.2 Å². The highest BCUT2D eigenvalue weighted by atomic mass is 79.9. The van der Waals surface area contributed by atoms with E-state index in [4.69, 9.17) is 10.8 Å². The zero-order chi connectivity index (χ0) is 11.6. The summed E-state index contributed by atoms with van der Waals surface area (Å²) in [5.41, 5.74) is 6.05. The molecule has 1 rings (SSSR count). The molecule has 0 bridgehead atoms. The Morgan fingerprint density at radius 1 is 1.53 bits per heavy atom. The van der Waals surface area contributed by atoms with Crippen molar-refractivity contribution in [2.75, 3.05) is 12.9 Å². The molecule has 0 amide bonds. The first-order valence-corrected chi connectivity index (χ1v) is 6.90. The fraction of sp³-hybridized carbons (Fsp3) is 0.333. The van der Waals surface area contributed by atoms with Crippen LogP contribution >= 0.6 is 15.9 Å². The monoisotopic (exact) mass is 293 g/mol. The predicted molar refractivity (Wildman–Crippen MR) is 61.3 cm³/mol. The largest absolute Gasteiger partial charge is 0.394 e. The van der Waals surface area contributed by atoms with Crippen molar-refractivity contribution in [2.45, 2.75) is 10.9 Å². The maximum Gasteiger partial charge on any atom is 0.175 e. The SMILES string of the molecule is CS(=O)(=O)c1cc(Br)ccc1[C@@H](N)CO. The van der Waals surface area contributed by atoms with E-state index in [0.717, 1.165) is 6.26 Å². The summed E-state index contributed by atoms with van der Waals surface area (Å²) in [6.07, 6.45) is 1.11. The van der Waals surface area contributed by atoms with Gasteiger partial charge in [-0.3, -0.25) is 0 Å². The van der Waals surface area contributed by atoms with Gasteiger partial charge in [-0.05, 0) is 17.7 Å². The quantitative estimate of drug-likeness (QED) is 0.866. The Balaban J connectivity index is 3.40. The van der Waals surface area contributed by atoms with Gasteiger partial charge in [0.25, 0.3) is 0 Å². The lowest BCUT2D eigenvalue weighted by Crippen LogP contribution is -2.17. The standard InChI is InChI=1S/C9H12BrNO3S/c1-15(13,14)9-4-6(10)2-3-7(9)8(11)5-12/h2-4,8,12H,5,11H2,1H3/t8-/m0/s1. The fourth-order valence-corrected chi connectivity index (χ4v) is 2.74. The molecule has 0 aliphatic carbocycles. The van der Waals surface area contributed by atoms with Gasteiger partial charge in [0.05, 0.1) is 17.5 Å². The molecule has 0 aliphatic rings. The fourth-order valence-electron chi connectivity index (χ4n) is 1.23. The van der Waals surface area contributed by atoms with E-state index in [1.54, 1.807) is 12.1 Å². The number of sulfone groups is 1. The maximum absolute atomic E-state index is 11.5. The van der Waals surface area contributed by atoms with Crippen LogP contribution in [0, 0.1) is 0 Å². The first-order valence-electron chi connectivity index (χ1n) is 4.22. The summed E-state index contributed by atoms with van der Waals surface area (Å²) in [4.78, 5) is 0.151. The molecule has 15 heavy (non-hydrogen) atoms.